The molecule has 1 aliphatic rings. The number of nitrogens with zero attached hydrogens (tertiary/aromatic N) is 3. The van der Waals surface area contributed by atoms with E-state index in [1.807, 2.05) is 41.8 Å². The molecule has 1 fully saturated rings. The van der Waals surface area contributed by atoms with Gasteiger partial charge in [-0.05, 0) is 32.4 Å². The number of benzene rings is 1. The Bertz CT molecular complexity index is 594. The average molecular weight is 361 g/mol. The molecular weight excluding hydrogens is 330 g/mol. The highest BCUT2D eigenvalue weighted by molar-refractivity contribution is 5.79. The lowest BCUT2D eigenvalue weighted by atomic mass is 10.1. The van der Waals surface area contributed by atoms with Gasteiger partial charge in [0, 0.05) is 52.1 Å². The number of methoxy groups -OCH3 is 1. The number of carbonyl (C=O) groups excluding carboxylic acids is 2. The van der Waals surface area contributed by atoms with Crippen molar-refractivity contribution >= 4 is 17.5 Å². The van der Waals surface area contributed by atoms with E-state index in [-0.39, 0.29) is 11.8 Å². The third-order valence-corrected chi connectivity index (χ3v) is 4.96. The number of para-hydroxylation sites is 2. The van der Waals surface area contributed by atoms with Crippen molar-refractivity contribution in [1.82, 2.24) is 9.80 Å². The molecule has 1 heterocycles. The number of rotatable bonds is 8. The van der Waals surface area contributed by atoms with E-state index in [9.17, 15) is 9.59 Å². The first-order chi connectivity index (χ1) is 12.6. The summed E-state index contributed by atoms with van der Waals surface area (Å²) in [4.78, 5) is 30.4. The van der Waals surface area contributed by atoms with Gasteiger partial charge in [-0.3, -0.25) is 9.59 Å². The molecule has 0 radical (unpaired) electrons. The monoisotopic (exact) mass is 361 g/mol. The van der Waals surface area contributed by atoms with E-state index < -0.39 is 0 Å². The van der Waals surface area contributed by atoms with E-state index in [2.05, 4.69) is 11.0 Å². The molecule has 6 nitrogen and oxygen atoms in total. The van der Waals surface area contributed by atoms with E-state index >= 15 is 0 Å². The molecule has 0 saturated carbocycles. The molecule has 0 aliphatic carbocycles. The Kier molecular flexibility index (Phi) is 7.75. The van der Waals surface area contributed by atoms with Gasteiger partial charge in [0.05, 0.1) is 12.8 Å². The zero-order valence-electron chi connectivity index (χ0n) is 16.2. The zero-order chi connectivity index (χ0) is 18.9. The summed E-state index contributed by atoms with van der Waals surface area (Å²) in [5, 5.41) is 0. The molecule has 26 heavy (non-hydrogen) atoms. The van der Waals surface area contributed by atoms with Gasteiger partial charge in [0.15, 0.2) is 0 Å². The third-order valence-electron chi connectivity index (χ3n) is 4.96. The maximum Gasteiger partial charge on any atom is 0.222 e. The summed E-state index contributed by atoms with van der Waals surface area (Å²) >= 11 is 0. The Hall–Kier alpha value is -2.24. The minimum Gasteiger partial charge on any atom is -0.495 e. The van der Waals surface area contributed by atoms with Crippen molar-refractivity contribution in [2.45, 2.75) is 33.1 Å². The fourth-order valence-electron chi connectivity index (χ4n) is 3.37. The van der Waals surface area contributed by atoms with E-state index in [4.69, 9.17) is 4.74 Å². The first-order valence-electron chi connectivity index (χ1n) is 9.54. The minimum atomic E-state index is 0.142. The van der Waals surface area contributed by atoms with Gasteiger partial charge in [0.2, 0.25) is 11.8 Å². The summed E-state index contributed by atoms with van der Waals surface area (Å²) in [6, 6.07) is 7.97. The lowest BCUT2D eigenvalue weighted by molar-refractivity contribution is -0.132. The van der Waals surface area contributed by atoms with Crippen molar-refractivity contribution in [2.24, 2.45) is 0 Å². The standard InChI is InChI=1S/C20H31N3O3/c1-4-21(5-2)19(24)11-8-12-20(25)23-15-13-22(14-16-23)17-9-6-7-10-18(17)26-3/h6-7,9-10H,4-5,8,11-16H2,1-3H3. The van der Waals surface area contributed by atoms with E-state index in [1.165, 1.54) is 0 Å². The maximum atomic E-state index is 12.4. The molecule has 2 rings (SSSR count). The van der Waals surface area contributed by atoms with Gasteiger partial charge in [-0.15, -0.1) is 0 Å². The Morgan fingerprint density at radius 3 is 2.31 bits per heavy atom. The molecule has 1 saturated heterocycles. The Morgan fingerprint density at radius 2 is 1.69 bits per heavy atom. The number of hydrogen-bond donors (Lipinski definition) is 0. The van der Waals surface area contributed by atoms with Crippen LogP contribution in [0.25, 0.3) is 0 Å². The topological polar surface area (TPSA) is 53.1 Å². The fraction of sp³-hybridized carbons (Fsp3) is 0.600. The first kappa shape index (κ1) is 20.1. The summed E-state index contributed by atoms with van der Waals surface area (Å²) in [6.07, 6.45) is 1.52. The molecular formula is C20H31N3O3. The van der Waals surface area contributed by atoms with E-state index in [0.29, 0.717) is 32.4 Å². The molecule has 144 valence electrons. The quantitative estimate of drug-likeness (QED) is 0.713. The molecule has 0 spiro atoms. The third kappa shape index (κ3) is 5.13. The van der Waals surface area contributed by atoms with Crippen molar-refractivity contribution in [3.05, 3.63) is 24.3 Å². The van der Waals surface area contributed by atoms with Gasteiger partial charge < -0.3 is 19.4 Å². The minimum absolute atomic E-state index is 0.142. The van der Waals surface area contributed by atoms with Gasteiger partial charge in [-0.2, -0.15) is 0 Å². The molecule has 1 aliphatic heterocycles. The van der Waals surface area contributed by atoms with Crippen LogP contribution in [-0.4, -0.2) is 68.0 Å². The lowest BCUT2D eigenvalue weighted by Crippen LogP contribution is -2.48. The van der Waals surface area contributed by atoms with Crippen molar-refractivity contribution in [1.29, 1.82) is 0 Å². The smallest absolute Gasteiger partial charge is 0.222 e. The number of anilines is 1. The van der Waals surface area contributed by atoms with Crippen LogP contribution in [-0.2, 0) is 9.59 Å². The molecule has 0 N–H and O–H groups in total. The Morgan fingerprint density at radius 1 is 1.04 bits per heavy atom. The highest BCUT2D eigenvalue weighted by Crippen LogP contribution is 2.28. The van der Waals surface area contributed by atoms with Crippen LogP contribution in [0, 0.1) is 0 Å². The van der Waals surface area contributed by atoms with Crippen LogP contribution in [0.3, 0.4) is 0 Å². The highest BCUT2D eigenvalue weighted by Gasteiger charge is 2.22. The molecule has 0 atom stereocenters. The maximum absolute atomic E-state index is 12.4. The number of piperazine rings is 1. The SMILES string of the molecule is CCN(CC)C(=O)CCCC(=O)N1CCN(c2ccccc2OC)CC1. The summed E-state index contributed by atoms with van der Waals surface area (Å²) < 4.78 is 5.43. The van der Waals surface area contributed by atoms with Gasteiger partial charge in [-0.25, -0.2) is 0 Å². The predicted octanol–water partition coefficient (Wildman–Crippen LogP) is 2.38. The van der Waals surface area contributed by atoms with Gasteiger partial charge in [-0.1, -0.05) is 12.1 Å². The second kappa shape index (κ2) is 10.0. The summed E-state index contributed by atoms with van der Waals surface area (Å²) in [5.41, 5.74) is 1.08. The molecule has 0 bridgehead atoms. The number of hydrogen-bond acceptors (Lipinski definition) is 4. The molecule has 0 unspecified atom stereocenters. The van der Waals surface area contributed by atoms with Crippen molar-refractivity contribution in [3.8, 4) is 5.75 Å². The van der Waals surface area contributed by atoms with Crippen LogP contribution in [0.1, 0.15) is 33.1 Å². The molecule has 1 aromatic rings. The van der Waals surface area contributed by atoms with Crippen LogP contribution >= 0.6 is 0 Å². The van der Waals surface area contributed by atoms with Crippen molar-refractivity contribution in [2.75, 3.05) is 51.3 Å². The number of amides is 2. The predicted molar refractivity (Wildman–Crippen MR) is 104 cm³/mol. The fourth-order valence-corrected chi connectivity index (χ4v) is 3.37. The van der Waals surface area contributed by atoms with Gasteiger partial charge >= 0.3 is 0 Å². The van der Waals surface area contributed by atoms with Crippen LogP contribution in [0.2, 0.25) is 0 Å². The number of ether oxygens (including phenoxy) is 1. The second-order valence-electron chi connectivity index (χ2n) is 6.46. The Balaban J connectivity index is 1.77. The van der Waals surface area contributed by atoms with Gasteiger partial charge in [0.25, 0.3) is 0 Å². The van der Waals surface area contributed by atoms with Crippen molar-refractivity contribution < 1.29 is 14.3 Å². The summed E-state index contributed by atoms with van der Waals surface area (Å²) in [7, 11) is 1.68. The normalized spacial score (nSPS) is 14.3. The van der Waals surface area contributed by atoms with Crippen LogP contribution in [0.15, 0.2) is 24.3 Å². The van der Waals surface area contributed by atoms with Crippen LogP contribution in [0.4, 0.5) is 5.69 Å². The van der Waals surface area contributed by atoms with Gasteiger partial charge in [0.1, 0.15) is 5.75 Å². The summed E-state index contributed by atoms with van der Waals surface area (Å²) in [5.74, 6) is 1.16. The van der Waals surface area contributed by atoms with Crippen LogP contribution in [0.5, 0.6) is 5.75 Å². The number of carbonyl (C=O) groups is 2. The van der Waals surface area contributed by atoms with Crippen molar-refractivity contribution in [3.63, 3.8) is 0 Å². The first-order valence-corrected chi connectivity index (χ1v) is 9.54. The van der Waals surface area contributed by atoms with Crippen LogP contribution < -0.4 is 9.64 Å². The molecule has 1 aromatic carbocycles. The molecule has 6 heteroatoms. The second-order valence-corrected chi connectivity index (χ2v) is 6.46. The van der Waals surface area contributed by atoms with E-state index in [0.717, 1.165) is 37.6 Å². The summed E-state index contributed by atoms with van der Waals surface area (Å²) in [6.45, 7) is 8.43. The highest BCUT2D eigenvalue weighted by atomic mass is 16.5. The largest absolute Gasteiger partial charge is 0.495 e. The lowest BCUT2D eigenvalue weighted by Gasteiger charge is -2.36. The zero-order valence-corrected chi connectivity index (χ0v) is 16.2. The van der Waals surface area contributed by atoms with E-state index in [1.54, 1.807) is 7.11 Å². The molecule has 2 amide bonds. The molecule has 0 aromatic heterocycles. The average Bonchev–Trinajstić information content (AvgIpc) is 2.69. The Labute approximate surface area is 156 Å².